The third kappa shape index (κ3) is 1.92. The minimum absolute atomic E-state index is 0.147. The van der Waals surface area contributed by atoms with Crippen LogP contribution in [0.5, 0.6) is 0 Å². The maximum absolute atomic E-state index is 12.4. The lowest BCUT2D eigenvalue weighted by atomic mass is 10.0. The highest BCUT2D eigenvalue weighted by Gasteiger charge is 2.42. The number of amides is 1. The summed E-state index contributed by atoms with van der Waals surface area (Å²) in [6, 6.07) is 2.67. The average molecular weight is 298 g/mol. The summed E-state index contributed by atoms with van der Waals surface area (Å²) in [4.78, 5) is 15.1. The number of piperidine rings is 1. The van der Waals surface area contributed by atoms with Crippen molar-refractivity contribution in [1.29, 1.82) is 0 Å². The Hall–Kier alpha value is -0.770. The summed E-state index contributed by atoms with van der Waals surface area (Å²) >= 11 is 3.69. The smallest absolute Gasteiger partial charge is 0.257 e. The molecule has 3 nitrogen and oxygen atoms in total. The van der Waals surface area contributed by atoms with E-state index in [1.54, 1.807) is 6.26 Å². The number of aryl methyl sites for hydroxylation is 1. The van der Waals surface area contributed by atoms with Crippen LogP contribution in [-0.4, -0.2) is 27.7 Å². The number of nitrogens with zero attached hydrogens (tertiary/aromatic N) is 1. The third-order valence-electron chi connectivity index (χ3n) is 3.89. The number of carbonyl (C=O) groups excluding carboxylic acids is 1. The third-order valence-corrected chi connectivity index (χ3v) is 4.64. The minimum Gasteiger partial charge on any atom is -0.469 e. The highest BCUT2D eigenvalue weighted by molar-refractivity contribution is 9.09. The fourth-order valence-electron chi connectivity index (χ4n) is 3.15. The molecule has 2 saturated heterocycles. The van der Waals surface area contributed by atoms with E-state index in [1.165, 1.54) is 0 Å². The van der Waals surface area contributed by atoms with E-state index >= 15 is 0 Å². The highest BCUT2D eigenvalue weighted by Crippen LogP contribution is 2.39. The predicted octanol–water partition coefficient (Wildman–Crippen LogP) is 3.12. The first-order valence-electron chi connectivity index (χ1n) is 6.17. The molecule has 3 rings (SSSR count). The van der Waals surface area contributed by atoms with Gasteiger partial charge in [-0.15, -0.1) is 0 Å². The van der Waals surface area contributed by atoms with Gasteiger partial charge < -0.3 is 9.32 Å². The number of carbonyl (C=O) groups is 1. The maximum atomic E-state index is 12.4. The molecule has 1 aromatic rings. The Morgan fingerprint density at radius 3 is 2.59 bits per heavy atom. The Morgan fingerprint density at radius 1 is 1.41 bits per heavy atom. The lowest BCUT2D eigenvalue weighted by Gasteiger charge is -2.37. The van der Waals surface area contributed by atoms with Crippen molar-refractivity contribution in [2.45, 2.75) is 49.5 Å². The van der Waals surface area contributed by atoms with Crippen LogP contribution in [0.25, 0.3) is 0 Å². The molecule has 0 N–H and O–H groups in total. The number of fused-ring (bicyclic) bond motifs is 2. The topological polar surface area (TPSA) is 33.5 Å². The molecule has 0 radical (unpaired) electrons. The summed E-state index contributed by atoms with van der Waals surface area (Å²) in [6.07, 6.45) is 6.04. The van der Waals surface area contributed by atoms with Gasteiger partial charge in [0.15, 0.2) is 0 Å². The van der Waals surface area contributed by atoms with Gasteiger partial charge in [-0.2, -0.15) is 0 Å². The summed E-state index contributed by atoms with van der Waals surface area (Å²) in [5, 5.41) is 0. The van der Waals surface area contributed by atoms with Crippen LogP contribution in [0.3, 0.4) is 0 Å². The summed E-state index contributed by atoms with van der Waals surface area (Å²) < 4.78 is 5.23. The van der Waals surface area contributed by atoms with Gasteiger partial charge in [0.1, 0.15) is 12.0 Å². The van der Waals surface area contributed by atoms with Gasteiger partial charge in [0.2, 0.25) is 0 Å². The average Bonchev–Trinajstić information content (AvgIpc) is 2.81. The normalized spacial score (nSPS) is 31.9. The molecule has 92 valence electrons. The zero-order chi connectivity index (χ0) is 12.0. The molecule has 1 aromatic heterocycles. The van der Waals surface area contributed by atoms with Crippen molar-refractivity contribution in [3.63, 3.8) is 0 Å². The second kappa shape index (κ2) is 4.16. The molecule has 3 heterocycles. The van der Waals surface area contributed by atoms with Crippen LogP contribution >= 0.6 is 15.9 Å². The van der Waals surface area contributed by atoms with Gasteiger partial charge in [0.05, 0.1) is 5.56 Å². The first-order valence-corrected chi connectivity index (χ1v) is 7.08. The van der Waals surface area contributed by atoms with Crippen molar-refractivity contribution in [2.24, 2.45) is 0 Å². The van der Waals surface area contributed by atoms with Crippen molar-refractivity contribution in [1.82, 2.24) is 4.90 Å². The van der Waals surface area contributed by atoms with Gasteiger partial charge >= 0.3 is 0 Å². The largest absolute Gasteiger partial charge is 0.469 e. The quantitative estimate of drug-likeness (QED) is 0.746. The molecule has 2 unspecified atom stereocenters. The predicted molar refractivity (Wildman–Crippen MR) is 68.4 cm³/mol. The molecule has 2 aliphatic heterocycles. The molecule has 2 bridgehead atoms. The van der Waals surface area contributed by atoms with Crippen molar-refractivity contribution in [3.8, 4) is 0 Å². The number of hydrogen-bond donors (Lipinski definition) is 0. The molecular formula is C13H16BrNO2. The van der Waals surface area contributed by atoms with Crippen LogP contribution in [0.2, 0.25) is 0 Å². The Kier molecular flexibility index (Phi) is 2.77. The number of furan rings is 1. The Morgan fingerprint density at radius 2 is 2.06 bits per heavy atom. The second-order valence-corrected chi connectivity index (χ2v) is 6.41. The fraction of sp³-hybridized carbons (Fsp3) is 0.615. The van der Waals surface area contributed by atoms with Crippen LogP contribution in [0, 0.1) is 6.92 Å². The minimum atomic E-state index is 0.147. The molecule has 4 heteroatoms. The van der Waals surface area contributed by atoms with E-state index in [0.717, 1.165) is 31.4 Å². The van der Waals surface area contributed by atoms with E-state index in [1.807, 2.05) is 13.0 Å². The second-order valence-electron chi connectivity index (χ2n) is 5.11. The SMILES string of the molecule is Cc1cc(C(=O)N2C3CCC2CC(Br)C3)co1. The molecule has 2 atom stereocenters. The lowest BCUT2D eigenvalue weighted by molar-refractivity contribution is 0.0603. The molecule has 0 saturated carbocycles. The Balaban J connectivity index is 1.83. The summed E-state index contributed by atoms with van der Waals surface area (Å²) in [6.45, 7) is 1.87. The molecule has 0 aliphatic carbocycles. The molecule has 0 spiro atoms. The summed E-state index contributed by atoms with van der Waals surface area (Å²) in [5.74, 6) is 0.949. The van der Waals surface area contributed by atoms with E-state index in [9.17, 15) is 4.79 Å². The van der Waals surface area contributed by atoms with Crippen molar-refractivity contribution < 1.29 is 9.21 Å². The number of rotatable bonds is 1. The lowest BCUT2D eigenvalue weighted by Crippen LogP contribution is -2.46. The van der Waals surface area contributed by atoms with E-state index in [0.29, 0.717) is 22.5 Å². The first kappa shape index (κ1) is 11.3. The highest BCUT2D eigenvalue weighted by atomic mass is 79.9. The van der Waals surface area contributed by atoms with Crippen LogP contribution in [0.1, 0.15) is 41.8 Å². The first-order chi connectivity index (χ1) is 8.15. The maximum Gasteiger partial charge on any atom is 0.257 e. The van der Waals surface area contributed by atoms with Crippen molar-refractivity contribution in [3.05, 3.63) is 23.7 Å². The van der Waals surface area contributed by atoms with Gasteiger partial charge in [0, 0.05) is 16.9 Å². The zero-order valence-corrected chi connectivity index (χ0v) is 11.4. The fourth-order valence-corrected chi connectivity index (χ4v) is 4.01. The standard InChI is InChI=1S/C13H16BrNO2/c1-8-4-9(7-17-8)13(16)15-11-2-3-12(15)6-10(14)5-11/h4,7,10-12H,2-3,5-6H2,1H3. The molecular weight excluding hydrogens is 282 g/mol. The van der Waals surface area contributed by atoms with Crippen molar-refractivity contribution >= 4 is 21.8 Å². The summed E-state index contributed by atoms with van der Waals surface area (Å²) in [7, 11) is 0. The van der Waals surface area contributed by atoms with E-state index in [-0.39, 0.29) is 5.91 Å². The van der Waals surface area contributed by atoms with Gasteiger partial charge in [0.25, 0.3) is 5.91 Å². The number of hydrogen-bond acceptors (Lipinski definition) is 2. The summed E-state index contributed by atoms with van der Waals surface area (Å²) in [5.41, 5.74) is 0.701. The van der Waals surface area contributed by atoms with Gasteiger partial charge in [-0.3, -0.25) is 4.79 Å². The number of halogens is 1. The van der Waals surface area contributed by atoms with Crippen LogP contribution in [0.15, 0.2) is 16.7 Å². The van der Waals surface area contributed by atoms with Gasteiger partial charge in [-0.25, -0.2) is 0 Å². The van der Waals surface area contributed by atoms with E-state index in [4.69, 9.17) is 4.42 Å². The zero-order valence-electron chi connectivity index (χ0n) is 9.86. The molecule has 2 fully saturated rings. The Bertz CT molecular complexity index is 428. The van der Waals surface area contributed by atoms with Gasteiger partial charge in [-0.05, 0) is 38.7 Å². The van der Waals surface area contributed by atoms with Crippen LogP contribution in [0.4, 0.5) is 0 Å². The van der Waals surface area contributed by atoms with Crippen LogP contribution in [-0.2, 0) is 0 Å². The van der Waals surface area contributed by atoms with Crippen molar-refractivity contribution in [2.75, 3.05) is 0 Å². The monoisotopic (exact) mass is 297 g/mol. The number of alkyl halides is 1. The molecule has 1 amide bonds. The molecule has 2 aliphatic rings. The molecule has 17 heavy (non-hydrogen) atoms. The van der Waals surface area contributed by atoms with E-state index in [2.05, 4.69) is 20.8 Å². The molecule has 0 aromatic carbocycles. The Labute approximate surface area is 109 Å². The van der Waals surface area contributed by atoms with E-state index < -0.39 is 0 Å². The van der Waals surface area contributed by atoms with Crippen LogP contribution < -0.4 is 0 Å². The van der Waals surface area contributed by atoms with Gasteiger partial charge in [-0.1, -0.05) is 15.9 Å².